The quantitative estimate of drug-likeness (QED) is 0.335. The number of hydrogen-bond acceptors (Lipinski definition) is 4. The minimum absolute atomic E-state index is 0.0980. The van der Waals surface area contributed by atoms with Gasteiger partial charge in [0.1, 0.15) is 12.1 Å². The third kappa shape index (κ3) is 6.28. The fraction of sp³-hybridized carbons (Fsp3) is 0.526. The number of primary amides is 1. The third-order valence-corrected chi connectivity index (χ3v) is 5.24. The van der Waals surface area contributed by atoms with Gasteiger partial charge >= 0.3 is 6.03 Å². The maximum Gasteiger partial charge on any atom is 0.339 e. The van der Waals surface area contributed by atoms with Crippen LogP contribution in [0, 0.1) is 17.8 Å². The van der Waals surface area contributed by atoms with Crippen molar-refractivity contribution in [2.24, 2.45) is 11.7 Å². The molecule has 0 saturated carbocycles. The number of nitrogens with zero attached hydrogens (tertiary/aromatic N) is 1. The van der Waals surface area contributed by atoms with Crippen LogP contribution in [0.4, 0.5) is 4.79 Å². The molecular formula is C19H28N2O3S. The SMILES string of the molecule is C/C=C1/SC([C@@H]2CCC(C#CC(C)N(O)C(N)=O)O2)=CC1C.C=CC. The Morgan fingerprint density at radius 1 is 1.56 bits per heavy atom. The first-order valence-corrected chi connectivity index (χ1v) is 9.22. The Hall–Kier alpha value is -1.68. The molecule has 5 nitrogen and oxygen atoms in total. The van der Waals surface area contributed by atoms with E-state index in [1.807, 2.05) is 6.92 Å². The van der Waals surface area contributed by atoms with Crippen LogP contribution in [0.15, 0.2) is 34.6 Å². The summed E-state index contributed by atoms with van der Waals surface area (Å²) >= 11 is 1.79. The van der Waals surface area contributed by atoms with Gasteiger partial charge in [0.25, 0.3) is 0 Å². The Bertz CT molecular complexity index is 604. The molecule has 2 aliphatic heterocycles. The molecule has 0 aliphatic carbocycles. The highest BCUT2D eigenvalue weighted by molar-refractivity contribution is 8.07. The summed E-state index contributed by atoms with van der Waals surface area (Å²) in [5, 5.41) is 9.80. The summed E-state index contributed by atoms with van der Waals surface area (Å²) < 4.78 is 5.97. The van der Waals surface area contributed by atoms with Crippen molar-refractivity contribution >= 4 is 17.8 Å². The minimum Gasteiger partial charge on any atom is -0.357 e. The zero-order valence-corrected chi connectivity index (χ0v) is 16.2. The summed E-state index contributed by atoms with van der Waals surface area (Å²) in [6.45, 7) is 11.1. The molecular weight excluding hydrogens is 336 g/mol. The van der Waals surface area contributed by atoms with Gasteiger partial charge in [-0.3, -0.25) is 5.21 Å². The van der Waals surface area contributed by atoms with E-state index in [-0.39, 0.29) is 12.2 Å². The molecule has 4 atom stereocenters. The van der Waals surface area contributed by atoms with Crippen LogP contribution in [0.25, 0.3) is 0 Å². The lowest BCUT2D eigenvalue weighted by Crippen LogP contribution is -2.38. The van der Waals surface area contributed by atoms with Crippen LogP contribution in [0.5, 0.6) is 0 Å². The van der Waals surface area contributed by atoms with Gasteiger partial charge in [0.05, 0.1) is 6.10 Å². The second-order valence-electron chi connectivity index (χ2n) is 5.90. The summed E-state index contributed by atoms with van der Waals surface area (Å²) in [4.78, 5) is 13.5. The number of hydroxylamine groups is 2. The number of nitrogens with two attached hydrogens (primary N) is 1. The average molecular weight is 365 g/mol. The molecule has 2 heterocycles. The molecule has 0 aromatic carbocycles. The molecule has 2 amide bonds. The Morgan fingerprint density at radius 3 is 2.72 bits per heavy atom. The van der Waals surface area contributed by atoms with Crippen LogP contribution in [0.1, 0.15) is 40.5 Å². The molecule has 0 spiro atoms. The summed E-state index contributed by atoms with van der Waals surface area (Å²) in [6.07, 6.45) is 7.87. The lowest BCUT2D eigenvalue weighted by molar-refractivity contribution is -0.0537. The van der Waals surface area contributed by atoms with Crippen molar-refractivity contribution in [3.63, 3.8) is 0 Å². The molecule has 0 radical (unpaired) electrons. The first kappa shape index (κ1) is 21.4. The number of rotatable bonds is 2. The van der Waals surface area contributed by atoms with Crippen molar-refractivity contribution in [1.82, 2.24) is 5.06 Å². The molecule has 3 unspecified atom stereocenters. The molecule has 0 bridgehead atoms. The second kappa shape index (κ2) is 10.3. The second-order valence-corrected chi connectivity index (χ2v) is 7.04. The Labute approximate surface area is 154 Å². The van der Waals surface area contributed by atoms with E-state index in [1.54, 1.807) is 24.8 Å². The van der Waals surface area contributed by atoms with E-state index in [1.165, 1.54) is 9.81 Å². The lowest BCUT2D eigenvalue weighted by Gasteiger charge is -2.15. The Morgan fingerprint density at radius 2 is 2.20 bits per heavy atom. The van der Waals surface area contributed by atoms with Gasteiger partial charge in [0, 0.05) is 10.8 Å². The van der Waals surface area contributed by atoms with Gasteiger partial charge in [-0.25, -0.2) is 4.79 Å². The molecule has 0 aromatic rings. The molecule has 0 aromatic heterocycles. The van der Waals surface area contributed by atoms with E-state index in [2.05, 4.69) is 44.4 Å². The highest BCUT2D eigenvalue weighted by Gasteiger charge is 2.31. The maximum atomic E-state index is 10.8. The number of thioether (sulfide) groups is 1. The zero-order chi connectivity index (χ0) is 19.0. The molecule has 2 aliphatic rings. The van der Waals surface area contributed by atoms with Gasteiger partial charge in [-0.1, -0.05) is 48.8 Å². The fourth-order valence-corrected chi connectivity index (χ4v) is 3.73. The summed E-state index contributed by atoms with van der Waals surface area (Å²) in [5.74, 6) is 6.24. The number of ether oxygens (including phenoxy) is 1. The highest BCUT2D eigenvalue weighted by atomic mass is 32.2. The molecule has 25 heavy (non-hydrogen) atoms. The van der Waals surface area contributed by atoms with E-state index >= 15 is 0 Å². The van der Waals surface area contributed by atoms with Gasteiger partial charge in [0.15, 0.2) is 0 Å². The van der Waals surface area contributed by atoms with Gasteiger partial charge in [-0.15, -0.1) is 6.58 Å². The third-order valence-electron chi connectivity index (χ3n) is 3.77. The minimum atomic E-state index is -0.910. The number of hydrogen-bond donors (Lipinski definition) is 2. The predicted molar refractivity (Wildman–Crippen MR) is 103 cm³/mol. The summed E-state index contributed by atoms with van der Waals surface area (Å²) in [6, 6.07) is -1.55. The van der Waals surface area contributed by atoms with E-state index in [0.717, 1.165) is 12.8 Å². The van der Waals surface area contributed by atoms with Crippen LogP contribution in [-0.2, 0) is 4.74 Å². The Kier molecular flexibility index (Phi) is 8.84. The number of urea groups is 1. The van der Waals surface area contributed by atoms with Gasteiger partial charge < -0.3 is 10.5 Å². The van der Waals surface area contributed by atoms with E-state index in [9.17, 15) is 10.0 Å². The van der Waals surface area contributed by atoms with Crippen LogP contribution in [-0.4, -0.2) is 34.6 Å². The average Bonchev–Trinajstić information content (AvgIpc) is 3.18. The first-order chi connectivity index (χ1) is 11.8. The molecule has 2 rings (SSSR count). The molecule has 3 N–H and O–H groups in total. The van der Waals surface area contributed by atoms with E-state index in [4.69, 9.17) is 10.5 Å². The lowest BCUT2D eigenvalue weighted by atomic mass is 10.1. The molecule has 138 valence electrons. The highest BCUT2D eigenvalue weighted by Crippen LogP contribution is 2.44. The monoisotopic (exact) mass is 364 g/mol. The van der Waals surface area contributed by atoms with Crippen molar-refractivity contribution < 1.29 is 14.7 Å². The van der Waals surface area contributed by atoms with Gasteiger partial charge in [-0.05, 0) is 38.5 Å². The number of allylic oxidation sites excluding steroid dienone is 4. The molecule has 1 fully saturated rings. The molecule has 6 heteroatoms. The van der Waals surface area contributed by atoms with Gasteiger partial charge in [0.2, 0.25) is 0 Å². The van der Waals surface area contributed by atoms with Gasteiger partial charge in [-0.2, -0.15) is 5.06 Å². The van der Waals surface area contributed by atoms with Crippen molar-refractivity contribution in [3.8, 4) is 11.8 Å². The van der Waals surface area contributed by atoms with Crippen molar-refractivity contribution in [1.29, 1.82) is 0 Å². The topological polar surface area (TPSA) is 75.8 Å². The zero-order valence-electron chi connectivity index (χ0n) is 15.4. The van der Waals surface area contributed by atoms with E-state index in [0.29, 0.717) is 11.0 Å². The Balaban J connectivity index is 0.000000970. The molecule has 1 saturated heterocycles. The number of amides is 2. The number of carbonyl (C=O) groups excluding carboxylic acids is 1. The number of carbonyl (C=O) groups is 1. The summed E-state index contributed by atoms with van der Waals surface area (Å²) in [5.41, 5.74) is 4.99. The van der Waals surface area contributed by atoms with Crippen LogP contribution in [0.3, 0.4) is 0 Å². The summed E-state index contributed by atoms with van der Waals surface area (Å²) in [7, 11) is 0. The van der Waals surface area contributed by atoms with Crippen molar-refractivity contribution in [2.75, 3.05) is 0 Å². The first-order valence-electron chi connectivity index (χ1n) is 8.40. The van der Waals surface area contributed by atoms with Crippen LogP contribution in [0.2, 0.25) is 0 Å². The van der Waals surface area contributed by atoms with Crippen LogP contribution >= 0.6 is 11.8 Å². The normalized spacial score (nSPS) is 27.5. The van der Waals surface area contributed by atoms with E-state index < -0.39 is 12.1 Å². The van der Waals surface area contributed by atoms with Crippen molar-refractivity contribution in [3.05, 3.63) is 34.6 Å². The standard InChI is InChI=1S/C16H22N2O3S.C3H6/c1-4-14-10(2)9-15(22-14)13-8-7-12(21-13)6-5-11(3)18(20)16(17)19;1-3-2/h4,9-13,20H,7-8H2,1-3H3,(H2,17,19);3H,1H2,2H3/b14-4+;/t10?,11?,12?,13-;/m0./s1. The maximum absolute atomic E-state index is 10.8. The fourth-order valence-electron chi connectivity index (χ4n) is 2.50. The largest absolute Gasteiger partial charge is 0.357 e. The smallest absolute Gasteiger partial charge is 0.339 e. The van der Waals surface area contributed by atoms with Crippen molar-refractivity contribution in [2.45, 2.75) is 58.8 Å². The van der Waals surface area contributed by atoms with Crippen LogP contribution < -0.4 is 5.73 Å². The predicted octanol–water partition coefficient (Wildman–Crippen LogP) is 4.06.